The fourth-order valence-electron chi connectivity index (χ4n) is 2.25. The van der Waals surface area contributed by atoms with Crippen LogP contribution >= 0.6 is 11.6 Å². The van der Waals surface area contributed by atoms with Crippen LogP contribution in [-0.4, -0.2) is 18.0 Å². The van der Waals surface area contributed by atoms with Crippen molar-refractivity contribution in [3.63, 3.8) is 0 Å². The summed E-state index contributed by atoms with van der Waals surface area (Å²) >= 11 is 6.12. The van der Waals surface area contributed by atoms with Gasteiger partial charge in [0.25, 0.3) is 0 Å². The molecule has 6 heteroatoms. The molecule has 0 saturated heterocycles. The zero-order valence-electron chi connectivity index (χ0n) is 14.2. The van der Waals surface area contributed by atoms with Crippen LogP contribution in [0.15, 0.2) is 54.6 Å². The molecule has 0 heterocycles. The quantitative estimate of drug-likeness (QED) is 0.822. The van der Waals surface area contributed by atoms with Crippen molar-refractivity contribution in [2.24, 2.45) is 0 Å². The van der Waals surface area contributed by atoms with E-state index in [9.17, 15) is 9.59 Å². The van der Waals surface area contributed by atoms with Gasteiger partial charge < -0.3 is 15.4 Å². The number of amides is 2. The van der Waals surface area contributed by atoms with E-state index in [1.807, 2.05) is 55.5 Å². The van der Waals surface area contributed by atoms with Crippen molar-refractivity contribution in [1.29, 1.82) is 0 Å². The number of carbonyl (C=O) groups is 2. The molecule has 0 bridgehead atoms. The molecular weight excluding hydrogens is 340 g/mol. The zero-order chi connectivity index (χ0) is 18.2. The van der Waals surface area contributed by atoms with E-state index in [1.165, 1.54) is 0 Å². The van der Waals surface area contributed by atoms with Gasteiger partial charge in [0.15, 0.2) is 0 Å². The molecule has 2 N–H and O–H groups in total. The summed E-state index contributed by atoms with van der Waals surface area (Å²) in [6.45, 7) is 3.58. The lowest BCUT2D eigenvalue weighted by Gasteiger charge is -2.19. The average molecular weight is 361 g/mol. The zero-order valence-corrected chi connectivity index (χ0v) is 14.9. The van der Waals surface area contributed by atoms with E-state index in [4.69, 9.17) is 16.3 Å². The van der Waals surface area contributed by atoms with Crippen molar-refractivity contribution in [3.8, 4) is 0 Å². The Balaban J connectivity index is 1.81. The maximum atomic E-state index is 12.2. The Hall–Kier alpha value is -2.53. The number of nitrogens with one attached hydrogen (secondary N) is 2. The van der Waals surface area contributed by atoms with Gasteiger partial charge in [0.05, 0.1) is 6.04 Å². The number of hydrogen-bond donors (Lipinski definition) is 2. The third kappa shape index (κ3) is 5.80. The molecule has 0 unspecified atom stereocenters. The fourth-order valence-corrected chi connectivity index (χ4v) is 2.55. The molecule has 0 radical (unpaired) electrons. The van der Waals surface area contributed by atoms with Crippen molar-refractivity contribution in [3.05, 3.63) is 70.7 Å². The minimum Gasteiger partial charge on any atom is -0.445 e. The molecule has 0 fully saturated rings. The number of alkyl carbamates (subject to hydrolysis) is 1. The second kappa shape index (κ2) is 9.08. The highest BCUT2D eigenvalue weighted by molar-refractivity contribution is 6.31. The maximum Gasteiger partial charge on any atom is 0.408 e. The molecule has 2 aromatic carbocycles. The lowest BCUT2D eigenvalue weighted by Crippen LogP contribution is -2.45. The van der Waals surface area contributed by atoms with E-state index in [0.29, 0.717) is 5.02 Å². The van der Waals surface area contributed by atoms with Crippen molar-refractivity contribution >= 4 is 23.6 Å². The number of halogens is 1. The molecule has 0 aliphatic rings. The third-order valence-electron chi connectivity index (χ3n) is 3.67. The summed E-state index contributed by atoms with van der Waals surface area (Å²) in [5, 5.41) is 5.92. The predicted molar refractivity (Wildman–Crippen MR) is 97.2 cm³/mol. The number of benzene rings is 2. The van der Waals surface area contributed by atoms with Gasteiger partial charge in [-0.3, -0.25) is 4.79 Å². The van der Waals surface area contributed by atoms with Gasteiger partial charge in [-0.2, -0.15) is 0 Å². The first-order valence-electron chi connectivity index (χ1n) is 7.99. The van der Waals surface area contributed by atoms with Gasteiger partial charge >= 0.3 is 6.09 Å². The second-order valence-corrected chi connectivity index (χ2v) is 6.09. The number of hydrogen-bond acceptors (Lipinski definition) is 3. The first-order valence-corrected chi connectivity index (χ1v) is 8.37. The smallest absolute Gasteiger partial charge is 0.408 e. The van der Waals surface area contributed by atoms with Crippen molar-refractivity contribution in [1.82, 2.24) is 10.6 Å². The van der Waals surface area contributed by atoms with Gasteiger partial charge in [-0.1, -0.05) is 60.1 Å². The second-order valence-electron chi connectivity index (χ2n) is 5.68. The Labute approximate surface area is 152 Å². The van der Waals surface area contributed by atoms with E-state index in [1.54, 1.807) is 13.0 Å². The first kappa shape index (κ1) is 18.8. The molecule has 0 aliphatic carbocycles. The average Bonchev–Trinajstić information content (AvgIpc) is 2.61. The summed E-state index contributed by atoms with van der Waals surface area (Å²) in [5.41, 5.74) is 1.69. The van der Waals surface area contributed by atoms with E-state index in [2.05, 4.69) is 10.6 Å². The number of rotatable bonds is 6. The molecule has 2 aromatic rings. The largest absolute Gasteiger partial charge is 0.445 e. The molecule has 0 saturated carbocycles. The summed E-state index contributed by atoms with van der Waals surface area (Å²) in [7, 11) is 0. The third-order valence-corrected chi connectivity index (χ3v) is 4.02. The molecule has 2 atom stereocenters. The summed E-state index contributed by atoms with van der Waals surface area (Å²) in [5.74, 6) is -0.316. The van der Waals surface area contributed by atoms with Gasteiger partial charge in [0.2, 0.25) is 5.91 Å². The van der Waals surface area contributed by atoms with Crippen LogP contribution < -0.4 is 10.6 Å². The standard InChI is InChI=1S/C19H21ClN2O3/c1-13(16-10-6-7-11-17(16)20)21-18(23)14(2)22-19(24)25-12-15-8-4-3-5-9-15/h3-11,13-14H,12H2,1-2H3,(H,21,23)(H,22,24)/t13-,14+/m0/s1. The molecule has 2 rings (SSSR count). The van der Waals surface area contributed by atoms with Crippen molar-refractivity contribution < 1.29 is 14.3 Å². The van der Waals surface area contributed by atoms with Crippen LogP contribution in [0.25, 0.3) is 0 Å². The first-order chi connectivity index (χ1) is 12.0. The highest BCUT2D eigenvalue weighted by Crippen LogP contribution is 2.22. The molecule has 25 heavy (non-hydrogen) atoms. The van der Waals surface area contributed by atoms with Crippen LogP contribution in [0.2, 0.25) is 5.02 Å². The lowest BCUT2D eigenvalue weighted by atomic mass is 10.1. The van der Waals surface area contributed by atoms with Gasteiger partial charge in [-0.05, 0) is 31.0 Å². The molecule has 5 nitrogen and oxygen atoms in total. The Kier molecular flexibility index (Phi) is 6.83. The van der Waals surface area contributed by atoms with Crippen LogP contribution in [0.5, 0.6) is 0 Å². The monoisotopic (exact) mass is 360 g/mol. The van der Waals surface area contributed by atoms with Gasteiger partial charge in [0.1, 0.15) is 12.6 Å². The highest BCUT2D eigenvalue weighted by Gasteiger charge is 2.19. The molecule has 0 aromatic heterocycles. The molecule has 2 amide bonds. The van der Waals surface area contributed by atoms with Crippen LogP contribution in [0, 0.1) is 0 Å². The minimum atomic E-state index is -0.729. The van der Waals surface area contributed by atoms with E-state index >= 15 is 0 Å². The highest BCUT2D eigenvalue weighted by atomic mass is 35.5. The molecule has 0 aliphatic heterocycles. The SMILES string of the molecule is C[C@H](NC(=O)[C@@H](C)NC(=O)OCc1ccccc1)c1ccccc1Cl. The van der Waals surface area contributed by atoms with E-state index in [-0.39, 0.29) is 18.6 Å². The predicted octanol–water partition coefficient (Wildman–Crippen LogP) is 3.83. The Morgan fingerprint density at radius 2 is 1.64 bits per heavy atom. The number of ether oxygens (including phenoxy) is 1. The normalized spacial score (nSPS) is 12.8. The molecular formula is C19H21ClN2O3. The van der Waals surface area contributed by atoms with E-state index < -0.39 is 12.1 Å². The summed E-state index contributed by atoms with van der Waals surface area (Å²) < 4.78 is 5.11. The molecule has 0 spiro atoms. The van der Waals surface area contributed by atoms with Crippen LogP contribution in [0.3, 0.4) is 0 Å². The minimum absolute atomic E-state index is 0.150. The lowest BCUT2D eigenvalue weighted by molar-refractivity contribution is -0.123. The molecule has 132 valence electrons. The van der Waals surface area contributed by atoms with Crippen LogP contribution in [-0.2, 0) is 16.1 Å². The van der Waals surface area contributed by atoms with E-state index in [0.717, 1.165) is 11.1 Å². The Bertz CT molecular complexity index is 722. The summed E-state index contributed by atoms with van der Waals surface area (Å²) in [6, 6.07) is 15.6. The topological polar surface area (TPSA) is 67.4 Å². The van der Waals surface area contributed by atoms with Gasteiger partial charge in [-0.25, -0.2) is 4.79 Å². The summed E-state index contributed by atoms with van der Waals surface area (Å²) in [6.07, 6.45) is -0.642. The fraction of sp³-hybridized carbons (Fsp3) is 0.263. The Morgan fingerprint density at radius 1 is 1.00 bits per heavy atom. The van der Waals surface area contributed by atoms with Gasteiger partial charge in [0, 0.05) is 5.02 Å². The van der Waals surface area contributed by atoms with Crippen LogP contribution in [0.1, 0.15) is 31.0 Å². The van der Waals surface area contributed by atoms with Crippen molar-refractivity contribution in [2.75, 3.05) is 0 Å². The maximum absolute atomic E-state index is 12.2. The Morgan fingerprint density at radius 3 is 2.32 bits per heavy atom. The number of carbonyl (C=O) groups excluding carboxylic acids is 2. The summed E-state index contributed by atoms with van der Waals surface area (Å²) in [4.78, 5) is 24.0. The van der Waals surface area contributed by atoms with Crippen molar-refractivity contribution in [2.45, 2.75) is 32.5 Å². The van der Waals surface area contributed by atoms with Gasteiger partial charge in [-0.15, -0.1) is 0 Å². The van der Waals surface area contributed by atoms with Crippen LogP contribution in [0.4, 0.5) is 4.79 Å².